The summed E-state index contributed by atoms with van der Waals surface area (Å²) in [4.78, 5) is 14.4. The van der Waals surface area contributed by atoms with Crippen molar-refractivity contribution in [2.24, 2.45) is 0 Å². The molecule has 0 spiro atoms. The summed E-state index contributed by atoms with van der Waals surface area (Å²) in [6, 6.07) is 6.93. The Balaban J connectivity index is 1.70. The van der Waals surface area contributed by atoms with Crippen LogP contribution in [0.25, 0.3) is 0 Å². The minimum absolute atomic E-state index is 0.0129. The highest BCUT2D eigenvalue weighted by Crippen LogP contribution is 2.25. The normalized spacial score (nSPS) is 14.9. The van der Waals surface area contributed by atoms with E-state index in [9.17, 15) is 13.2 Å². The molecule has 1 aliphatic heterocycles. The second-order valence-corrected chi connectivity index (χ2v) is 8.91. The maximum absolute atomic E-state index is 12.7. The summed E-state index contributed by atoms with van der Waals surface area (Å²) >= 11 is 1.38. The van der Waals surface area contributed by atoms with Gasteiger partial charge in [-0.25, -0.2) is 8.42 Å². The number of aryl methyl sites for hydroxylation is 1. The van der Waals surface area contributed by atoms with Gasteiger partial charge in [0.2, 0.25) is 5.91 Å². The molecule has 0 unspecified atom stereocenters. The Kier molecular flexibility index (Phi) is 6.51. The molecule has 27 heavy (non-hydrogen) atoms. The number of carbonyl (C=O) groups excluding carboxylic acids is 1. The van der Waals surface area contributed by atoms with E-state index in [1.807, 2.05) is 17.5 Å². The average Bonchev–Trinajstić information content (AvgIpc) is 3.09. The molecule has 1 aromatic carbocycles. The molecule has 0 saturated carbocycles. The standard InChI is InChI=1S/C19H24N2O4S2/c1-2-3-15-4-6-17(7-5-15)27(23,24)20-18-14-26-13-16(18)12-19(22)21-8-10-25-11-9-21/h4-7,13-14,20H,2-3,8-12H2,1H3. The maximum atomic E-state index is 12.7. The number of carbonyl (C=O) groups is 1. The monoisotopic (exact) mass is 408 g/mol. The van der Waals surface area contributed by atoms with Gasteiger partial charge in [-0.1, -0.05) is 25.5 Å². The van der Waals surface area contributed by atoms with Crippen LogP contribution in [0, 0.1) is 0 Å². The second-order valence-electron chi connectivity index (χ2n) is 6.48. The Morgan fingerprint density at radius 2 is 1.89 bits per heavy atom. The number of sulfonamides is 1. The largest absolute Gasteiger partial charge is 0.378 e. The first-order valence-electron chi connectivity index (χ1n) is 9.02. The van der Waals surface area contributed by atoms with Crippen molar-refractivity contribution in [1.29, 1.82) is 0 Å². The van der Waals surface area contributed by atoms with Crippen molar-refractivity contribution < 1.29 is 17.9 Å². The molecule has 0 bridgehead atoms. The first-order valence-corrected chi connectivity index (χ1v) is 11.4. The van der Waals surface area contributed by atoms with Gasteiger partial charge in [-0.15, -0.1) is 11.3 Å². The SMILES string of the molecule is CCCc1ccc(S(=O)(=O)Nc2cscc2CC(=O)N2CCOCC2)cc1. The van der Waals surface area contributed by atoms with E-state index in [4.69, 9.17) is 4.74 Å². The van der Waals surface area contributed by atoms with Gasteiger partial charge in [-0.2, -0.15) is 0 Å². The number of nitrogens with zero attached hydrogens (tertiary/aromatic N) is 1. The second kappa shape index (κ2) is 8.86. The molecular formula is C19H24N2O4S2. The minimum atomic E-state index is -3.69. The van der Waals surface area contributed by atoms with Gasteiger partial charge in [0.25, 0.3) is 10.0 Å². The van der Waals surface area contributed by atoms with Gasteiger partial charge in [0, 0.05) is 18.5 Å². The number of thiophene rings is 1. The number of rotatable bonds is 7. The first-order chi connectivity index (χ1) is 13.0. The van der Waals surface area contributed by atoms with E-state index in [0.29, 0.717) is 37.6 Å². The highest BCUT2D eigenvalue weighted by atomic mass is 32.2. The zero-order chi connectivity index (χ0) is 19.3. The predicted molar refractivity (Wildman–Crippen MR) is 107 cm³/mol. The maximum Gasteiger partial charge on any atom is 0.261 e. The number of ether oxygens (including phenoxy) is 1. The lowest BCUT2D eigenvalue weighted by atomic mass is 10.1. The van der Waals surface area contributed by atoms with Gasteiger partial charge < -0.3 is 9.64 Å². The van der Waals surface area contributed by atoms with Crippen molar-refractivity contribution >= 4 is 33.0 Å². The molecule has 0 atom stereocenters. The van der Waals surface area contributed by atoms with Crippen LogP contribution in [0.2, 0.25) is 0 Å². The molecular weight excluding hydrogens is 384 g/mol. The van der Waals surface area contributed by atoms with Crippen molar-refractivity contribution in [3.05, 3.63) is 46.2 Å². The van der Waals surface area contributed by atoms with Crippen molar-refractivity contribution in [2.75, 3.05) is 31.0 Å². The van der Waals surface area contributed by atoms with Crippen LogP contribution in [0.1, 0.15) is 24.5 Å². The lowest BCUT2D eigenvalue weighted by Crippen LogP contribution is -2.41. The summed E-state index contributed by atoms with van der Waals surface area (Å²) in [5, 5.41) is 3.55. The van der Waals surface area contributed by atoms with E-state index in [1.165, 1.54) is 11.3 Å². The Morgan fingerprint density at radius 3 is 2.56 bits per heavy atom. The topological polar surface area (TPSA) is 75.7 Å². The fraction of sp³-hybridized carbons (Fsp3) is 0.421. The van der Waals surface area contributed by atoms with Crippen LogP contribution in [-0.2, 0) is 32.4 Å². The Morgan fingerprint density at radius 1 is 1.19 bits per heavy atom. The van der Waals surface area contributed by atoms with Gasteiger partial charge in [0.15, 0.2) is 0 Å². The van der Waals surface area contributed by atoms with E-state index < -0.39 is 10.0 Å². The summed E-state index contributed by atoms with van der Waals surface area (Å²) in [5.41, 5.74) is 2.28. The molecule has 0 radical (unpaired) electrons. The van der Waals surface area contributed by atoms with Crippen LogP contribution in [0.4, 0.5) is 5.69 Å². The van der Waals surface area contributed by atoms with Gasteiger partial charge in [0.05, 0.1) is 30.2 Å². The molecule has 6 nitrogen and oxygen atoms in total. The number of hydrogen-bond acceptors (Lipinski definition) is 5. The van der Waals surface area contributed by atoms with Crippen LogP contribution < -0.4 is 4.72 Å². The molecule has 3 rings (SSSR count). The van der Waals surface area contributed by atoms with Crippen molar-refractivity contribution in [3.8, 4) is 0 Å². The van der Waals surface area contributed by atoms with Crippen LogP contribution in [0.15, 0.2) is 39.9 Å². The predicted octanol–water partition coefficient (Wildman–Crippen LogP) is 2.90. The van der Waals surface area contributed by atoms with Crippen LogP contribution in [0.5, 0.6) is 0 Å². The summed E-state index contributed by atoms with van der Waals surface area (Å²) in [6.07, 6.45) is 2.11. The summed E-state index contributed by atoms with van der Waals surface area (Å²) in [6.45, 7) is 4.33. The quantitative estimate of drug-likeness (QED) is 0.764. The molecule has 2 heterocycles. The number of amides is 1. The lowest BCUT2D eigenvalue weighted by Gasteiger charge is -2.26. The summed E-state index contributed by atoms with van der Waals surface area (Å²) in [5.74, 6) is -0.0129. The van der Waals surface area contributed by atoms with Crippen LogP contribution in [-0.4, -0.2) is 45.5 Å². The Labute approximate surface area is 164 Å². The van der Waals surface area contributed by atoms with E-state index in [1.54, 1.807) is 22.4 Å². The fourth-order valence-electron chi connectivity index (χ4n) is 2.96. The van der Waals surface area contributed by atoms with E-state index in [-0.39, 0.29) is 17.2 Å². The minimum Gasteiger partial charge on any atom is -0.378 e. The van der Waals surface area contributed by atoms with E-state index in [0.717, 1.165) is 18.4 Å². The molecule has 2 aromatic rings. The molecule has 1 amide bonds. The molecule has 146 valence electrons. The molecule has 8 heteroatoms. The van der Waals surface area contributed by atoms with Crippen molar-refractivity contribution in [1.82, 2.24) is 4.90 Å². The lowest BCUT2D eigenvalue weighted by molar-refractivity contribution is -0.134. The summed E-state index contributed by atoms with van der Waals surface area (Å²) in [7, 11) is -3.69. The van der Waals surface area contributed by atoms with Gasteiger partial charge in [-0.3, -0.25) is 9.52 Å². The third kappa shape index (κ3) is 5.09. The number of nitrogens with one attached hydrogen (secondary N) is 1. The van der Waals surface area contributed by atoms with E-state index >= 15 is 0 Å². The van der Waals surface area contributed by atoms with Gasteiger partial charge >= 0.3 is 0 Å². The number of benzene rings is 1. The molecule has 1 aromatic heterocycles. The van der Waals surface area contributed by atoms with Crippen LogP contribution >= 0.6 is 11.3 Å². The summed E-state index contributed by atoms with van der Waals surface area (Å²) < 4.78 is 33.3. The third-order valence-electron chi connectivity index (χ3n) is 4.46. The number of anilines is 1. The van der Waals surface area contributed by atoms with Crippen LogP contribution in [0.3, 0.4) is 0 Å². The number of hydrogen-bond donors (Lipinski definition) is 1. The smallest absolute Gasteiger partial charge is 0.261 e. The molecule has 1 fully saturated rings. The highest BCUT2D eigenvalue weighted by Gasteiger charge is 2.21. The Hall–Kier alpha value is -1.90. The molecule has 1 N–H and O–H groups in total. The first kappa shape index (κ1) is 19.9. The Bertz CT molecular complexity index is 869. The van der Waals surface area contributed by atoms with Gasteiger partial charge in [0.1, 0.15) is 0 Å². The van der Waals surface area contributed by atoms with Crippen molar-refractivity contribution in [2.45, 2.75) is 31.1 Å². The highest BCUT2D eigenvalue weighted by molar-refractivity contribution is 7.92. The van der Waals surface area contributed by atoms with E-state index in [2.05, 4.69) is 11.6 Å². The number of morpholine rings is 1. The third-order valence-corrected chi connectivity index (χ3v) is 6.64. The zero-order valence-electron chi connectivity index (χ0n) is 15.3. The molecule has 0 aliphatic carbocycles. The molecule has 1 aliphatic rings. The average molecular weight is 409 g/mol. The fourth-order valence-corrected chi connectivity index (χ4v) is 4.92. The molecule has 1 saturated heterocycles. The van der Waals surface area contributed by atoms with Gasteiger partial charge in [-0.05, 0) is 35.1 Å². The zero-order valence-corrected chi connectivity index (χ0v) is 16.9. The van der Waals surface area contributed by atoms with Crippen molar-refractivity contribution in [3.63, 3.8) is 0 Å².